The minimum atomic E-state index is -0.964. The van der Waals surface area contributed by atoms with Gasteiger partial charge in [-0.25, -0.2) is 9.78 Å². The maximum absolute atomic E-state index is 13.3. The summed E-state index contributed by atoms with van der Waals surface area (Å²) in [5.74, 6) is -0.245. The van der Waals surface area contributed by atoms with Crippen LogP contribution < -0.4 is 15.1 Å². The minimum Gasteiger partial charge on any atom is -0.481 e. The van der Waals surface area contributed by atoms with Gasteiger partial charge < -0.3 is 24.5 Å². The number of carbonyl (C=O) groups excluding carboxylic acids is 2. The first-order chi connectivity index (χ1) is 21.4. The number of methoxy groups -OCH3 is 1. The molecule has 2 N–H and O–H groups in total. The van der Waals surface area contributed by atoms with Crippen LogP contribution in [0.5, 0.6) is 0 Å². The van der Waals surface area contributed by atoms with Crippen molar-refractivity contribution >= 4 is 35.2 Å². The van der Waals surface area contributed by atoms with Gasteiger partial charge in [0.15, 0.2) is 0 Å². The van der Waals surface area contributed by atoms with E-state index in [0.29, 0.717) is 11.3 Å². The van der Waals surface area contributed by atoms with Gasteiger partial charge in [-0.2, -0.15) is 0 Å². The Balaban J connectivity index is 1.37. The molecule has 0 unspecified atom stereocenters. The fraction of sp³-hybridized carbons (Fsp3) is 0.235. The Kier molecular flexibility index (Phi) is 9.71. The van der Waals surface area contributed by atoms with Crippen molar-refractivity contribution < 1.29 is 24.2 Å². The van der Waals surface area contributed by atoms with Crippen LogP contribution >= 0.6 is 0 Å². The molecule has 3 aromatic carbocycles. The van der Waals surface area contributed by atoms with Crippen molar-refractivity contribution in [1.29, 1.82) is 0 Å². The Labute approximate surface area is 256 Å². The topological polar surface area (TPSA) is 115 Å². The minimum absolute atomic E-state index is 0.0861. The molecule has 1 aliphatic heterocycles. The fourth-order valence-electron chi connectivity index (χ4n) is 5.29. The number of carboxylic acids is 1. The first kappa shape index (κ1) is 30.1. The number of hydrogen-bond acceptors (Lipinski definition) is 7. The van der Waals surface area contributed by atoms with Crippen LogP contribution in [-0.2, 0) is 16.1 Å². The second-order valence-corrected chi connectivity index (χ2v) is 10.4. The van der Waals surface area contributed by atoms with Crippen molar-refractivity contribution in [2.24, 2.45) is 0 Å². The normalized spacial score (nSPS) is 12.8. The molecule has 10 nitrogen and oxygen atoms in total. The van der Waals surface area contributed by atoms with Crippen LogP contribution in [-0.4, -0.2) is 72.8 Å². The van der Waals surface area contributed by atoms with Gasteiger partial charge in [-0.1, -0.05) is 48.5 Å². The van der Waals surface area contributed by atoms with E-state index in [0.717, 1.165) is 54.4 Å². The smallest absolute Gasteiger partial charge is 0.411 e. The third-order valence-corrected chi connectivity index (χ3v) is 7.55. The van der Waals surface area contributed by atoms with Gasteiger partial charge in [0.25, 0.3) is 5.91 Å². The van der Waals surface area contributed by atoms with Crippen LogP contribution in [0.1, 0.15) is 22.3 Å². The summed E-state index contributed by atoms with van der Waals surface area (Å²) in [7, 11) is 1.33. The van der Waals surface area contributed by atoms with Crippen LogP contribution in [0.2, 0.25) is 0 Å². The molecule has 0 spiro atoms. The van der Waals surface area contributed by atoms with Crippen molar-refractivity contribution in [2.75, 3.05) is 55.0 Å². The Bertz CT molecular complexity index is 1590. The molecule has 0 aliphatic carbocycles. The Hall–Kier alpha value is -5.38. The zero-order valence-corrected chi connectivity index (χ0v) is 24.6. The fourth-order valence-corrected chi connectivity index (χ4v) is 5.29. The lowest BCUT2D eigenvalue weighted by Gasteiger charge is -2.37. The largest absolute Gasteiger partial charge is 0.481 e. The highest BCUT2D eigenvalue weighted by atomic mass is 16.5. The number of pyridine rings is 1. The van der Waals surface area contributed by atoms with E-state index >= 15 is 0 Å². The number of piperazine rings is 1. The lowest BCUT2D eigenvalue weighted by molar-refractivity contribution is -0.137. The Morgan fingerprint density at radius 3 is 2.30 bits per heavy atom. The zero-order chi connectivity index (χ0) is 30.9. The second kappa shape index (κ2) is 14.2. The number of anilines is 3. The van der Waals surface area contributed by atoms with E-state index in [9.17, 15) is 19.5 Å². The third kappa shape index (κ3) is 7.52. The molecule has 4 aromatic rings. The highest BCUT2D eigenvalue weighted by molar-refractivity contribution is 5.94. The van der Waals surface area contributed by atoms with Crippen LogP contribution in [0.4, 0.5) is 22.0 Å². The molecular weight excluding hydrogens is 558 g/mol. The number of benzene rings is 3. The summed E-state index contributed by atoms with van der Waals surface area (Å²) in [6.45, 7) is 3.42. The summed E-state index contributed by atoms with van der Waals surface area (Å²) in [6.07, 6.45) is 1.08. The molecule has 2 amide bonds. The Morgan fingerprint density at radius 1 is 0.864 bits per heavy atom. The van der Waals surface area contributed by atoms with Crippen molar-refractivity contribution in [3.8, 4) is 11.1 Å². The molecule has 226 valence electrons. The van der Waals surface area contributed by atoms with Crippen LogP contribution in [0.25, 0.3) is 11.1 Å². The molecule has 5 rings (SSSR count). The van der Waals surface area contributed by atoms with Gasteiger partial charge in [0.05, 0.1) is 24.9 Å². The second-order valence-electron chi connectivity index (χ2n) is 10.4. The van der Waals surface area contributed by atoms with E-state index in [1.54, 1.807) is 35.4 Å². The molecule has 44 heavy (non-hydrogen) atoms. The first-order valence-corrected chi connectivity index (χ1v) is 14.5. The van der Waals surface area contributed by atoms with E-state index < -0.39 is 12.1 Å². The number of rotatable bonds is 10. The number of aliphatic carboxylic acids is 1. The van der Waals surface area contributed by atoms with Gasteiger partial charge in [0.1, 0.15) is 5.82 Å². The molecular formula is C34H35N5O5. The van der Waals surface area contributed by atoms with Crippen molar-refractivity contribution in [1.82, 2.24) is 9.88 Å². The van der Waals surface area contributed by atoms with E-state index in [1.807, 2.05) is 66.7 Å². The Morgan fingerprint density at radius 2 is 1.59 bits per heavy atom. The molecule has 1 aromatic heterocycles. The lowest BCUT2D eigenvalue weighted by Crippen LogP contribution is -2.47. The summed E-state index contributed by atoms with van der Waals surface area (Å²) < 4.78 is 4.91. The van der Waals surface area contributed by atoms with Crippen LogP contribution in [0.3, 0.4) is 0 Å². The van der Waals surface area contributed by atoms with Gasteiger partial charge in [0, 0.05) is 51.0 Å². The summed E-state index contributed by atoms with van der Waals surface area (Å²) >= 11 is 0. The van der Waals surface area contributed by atoms with Crippen molar-refractivity contribution in [2.45, 2.75) is 13.0 Å². The highest BCUT2D eigenvalue weighted by Gasteiger charge is 2.22. The summed E-state index contributed by atoms with van der Waals surface area (Å²) in [5, 5.41) is 12.2. The van der Waals surface area contributed by atoms with E-state index in [4.69, 9.17) is 4.74 Å². The zero-order valence-electron chi connectivity index (χ0n) is 24.6. The SMILES string of the molecule is COC(=O)Nc1cc(-c2cccc(CN(CCC(=O)O)C(=O)c3ccccc3)c2)ccc1N1CCN(c2ccccn2)CC1. The number of nitrogens with zero attached hydrogens (tertiary/aromatic N) is 4. The lowest BCUT2D eigenvalue weighted by atomic mass is 10.0. The van der Waals surface area contributed by atoms with Gasteiger partial charge in [-0.3, -0.25) is 14.9 Å². The summed E-state index contributed by atoms with van der Waals surface area (Å²) in [5.41, 5.74) is 4.66. The number of nitrogens with one attached hydrogen (secondary N) is 1. The standard InChI is InChI=1S/C34H35N5O5/c1-44-34(43)36-29-23-28(13-14-30(29)37-18-20-38(21-19-37)31-12-5-6-16-35-31)27-11-7-8-25(22-27)24-39(17-15-32(40)41)33(42)26-9-3-2-4-10-26/h2-14,16,22-23H,15,17-21,24H2,1H3,(H,36,43)(H,40,41). The molecule has 0 atom stereocenters. The third-order valence-electron chi connectivity index (χ3n) is 7.55. The number of ether oxygens (including phenoxy) is 1. The first-order valence-electron chi connectivity index (χ1n) is 14.5. The predicted molar refractivity (Wildman–Crippen MR) is 170 cm³/mol. The number of aromatic nitrogens is 1. The van der Waals surface area contributed by atoms with E-state index in [1.165, 1.54) is 7.11 Å². The van der Waals surface area contributed by atoms with Gasteiger partial charge >= 0.3 is 12.1 Å². The van der Waals surface area contributed by atoms with Gasteiger partial charge in [-0.15, -0.1) is 0 Å². The van der Waals surface area contributed by atoms with Crippen molar-refractivity contribution in [3.05, 3.63) is 108 Å². The van der Waals surface area contributed by atoms with Crippen LogP contribution in [0, 0.1) is 0 Å². The van der Waals surface area contributed by atoms with E-state index in [-0.39, 0.29) is 25.4 Å². The number of carbonyl (C=O) groups is 3. The predicted octanol–water partition coefficient (Wildman–Crippen LogP) is 5.37. The van der Waals surface area contributed by atoms with Gasteiger partial charge in [0.2, 0.25) is 0 Å². The molecule has 1 fully saturated rings. The van der Waals surface area contributed by atoms with Crippen LogP contribution in [0.15, 0.2) is 97.2 Å². The summed E-state index contributed by atoms with van der Waals surface area (Å²) in [4.78, 5) is 47.4. The maximum atomic E-state index is 13.3. The number of carboxylic acid groups (broad SMARTS) is 1. The molecule has 1 aliphatic rings. The maximum Gasteiger partial charge on any atom is 0.411 e. The quantitative estimate of drug-likeness (QED) is 0.252. The van der Waals surface area contributed by atoms with Gasteiger partial charge in [-0.05, 0) is 59.2 Å². The van der Waals surface area contributed by atoms with Crippen molar-refractivity contribution in [3.63, 3.8) is 0 Å². The van der Waals surface area contributed by atoms with E-state index in [2.05, 4.69) is 20.1 Å². The molecule has 10 heteroatoms. The molecule has 0 radical (unpaired) electrons. The molecule has 0 bridgehead atoms. The number of amides is 2. The number of hydrogen-bond donors (Lipinski definition) is 2. The average molecular weight is 594 g/mol. The molecule has 1 saturated heterocycles. The molecule has 2 heterocycles. The molecule has 0 saturated carbocycles. The highest BCUT2D eigenvalue weighted by Crippen LogP contribution is 2.33. The monoisotopic (exact) mass is 593 g/mol. The summed E-state index contributed by atoms with van der Waals surface area (Å²) in [6, 6.07) is 28.5. The average Bonchev–Trinajstić information content (AvgIpc) is 3.07.